The summed E-state index contributed by atoms with van der Waals surface area (Å²) in [6.07, 6.45) is 30.4. The van der Waals surface area contributed by atoms with E-state index in [1.54, 1.807) is 26.4 Å². The molecule has 0 atom stereocenters. The van der Waals surface area contributed by atoms with Crippen molar-refractivity contribution in [3.63, 3.8) is 0 Å². The predicted octanol–water partition coefficient (Wildman–Crippen LogP) is 14.5. The molecule has 6 aliphatic rings. The Hall–Kier alpha value is -8.80. The van der Waals surface area contributed by atoms with E-state index in [0.717, 1.165) is 135 Å². The smallest absolute Gasteiger partial charge is 0.347 e. The number of carbonyl (C=O) groups is 4. The van der Waals surface area contributed by atoms with E-state index in [0.29, 0.717) is 87.3 Å². The third kappa shape index (κ3) is 16.7. The molecule has 0 saturated carbocycles. The van der Waals surface area contributed by atoms with Gasteiger partial charge in [0.15, 0.2) is 0 Å². The number of benzene rings is 5. The Balaban J connectivity index is 1.08. The van der Waals surface area contributed by atoms with Crippen molar-refractivity contribution in [1.82, 2.24) is 39.8 Å². The highest BCUT2D eigenvalue weighted by Gasteiger charge is 2.48. The Labute approximate surface area is 558 Å². The molecular formula is C77H92N8O10. The van der Waals surface area contributed by atoms with E-state index in [1.165, 1.54) is 37.8 Å². The molecular weight excluding hydrogens is 1200 g/mol. The number of ether oxygens (including phenoxy) is 6. The first kappa shape index (κ1) is 66.2. The molecule has 5 aromatic carbocycles. The van der Waals surface area contributed by atoms with Gasteiger partial charge in [-0.15, -0.1) is 10.2 Å². The number of aromatic nitrogens is 6. The Bertz CT molecular complexity index is 3610. The molecule has 1 aliphatic carbocycles. The summed E-state index contributed by atoms with van der Waals surface area (Å²) in [6, 6.07) is 27.0. The molecule has 7 heterocycles. The molecule has 0 N–H and O–H groups in total. The summed E-state index contributed by atoms with van der Waals surface area (Å²) in [4.78, 5) is 67.9. The van der Waals surface area contributed by atoms with Gasteiger partial charge in [0.25, 0.3) is 0 Å². The average molecular weight is 1290 g/mol. The maximum absolute atomic E-state index is 16.6. The van der Waals surface area contributed by atoms with Gasteiger partial charge >= 0.3 is 11.9 Å². The highest BCUT2D eigenvalue weighted by Crippen LogP contribution is 2.54. The summed E-state index contributed by atoms with van der Waals surface area (Å²) in [7, 11) is 3.11. The lowest BCUT2D eigenvalue weighted by Gasteiger charge is -2.36. The number of aryl methyl sites for hydroxylation is 6. The highest BCUT2D eigenvalue weighted by molar-refractivity contribution is 6.00. The summed E-state index contributed by atoms with van der Waals surface area (Å²) in [6.45, 7) is 2.48. The highest BCUT2D eigenvalue weighted by atomic mass is 16.5. The molecule has 15 bridgehead atoms. The van der Waals surface area contributed by atoms with Gasteiger partial charge in [-0.25, -0.2) is 9.59 Å². The number of carbonyl (C=O) groups excluding carboxylic acids is 4. The summed E-state index contributed by atoms with van der Waals surface area (Å²) in [5.41, 5.74) is 7.56. The lowest BCUT2D eigenvalue weighted by Crippen LogP contribution is -2.42. The Morgan fingerprint density at radius 3 is 1.29 bits per heavy atom. The fourth-order valence-electron chi connectivity index (χ4n) is 14.3. The number of rotatable bonds is 2. The normalized spacial score (nSPS) is 18.7. The molecule has 1 spiro atoms. The van der Waals surface area contributed by atoms with Crippen LogP contribution in [0.4, 0.5) is 0 Å². The monoisotopic (exact) mass is 1290 g/mol. The zero-order valence-electron chi connectivity index (χ0n) is 55.6. The van der Waals surface area contributed by atoms with Gasteiger partial charge in [-0.3, -0.25) is 19.0 Å². The molecule has 95 heavy (non-hydrogen) atoms. The van der Waals surface area contributed by atoms with Gasteiger partial charge in [-0.2, -0.15) is 0 Å². The van der Waals surface area contributed by atoms with Gasteiger partial charge in [-0.1, -0.05) is 123 Å². The number of allylic oxidation sites excluding steroid dienone is 2. The summed E-state index contributed by atoms with van der Waals surface area (Å²) in [5.74, 6) is -0.499. The number of amides is 2. The molecule has 0 radical (unpaired) electrons. The Morgan fingerprint density at radius 1 is 0.421 bits per heavy atom. The van der Waals surface area contributed by atoms with Crippen LogP contribution in [-0.2, 0) is 66.9 Å². The van der Waals surface area contributed by atoms with Crippen LogP contribution in [0, 0.1) is 0 Å². The number of hydrogen-bond acceptors (Lipinski definition) is 14. The molecule has 2 amide bonds. The van der Waals surface area contributed by atoms with Crippen LogP contribution in [-0.4, -0.2) is 104 Å². The van der Waals surface area contributed by atoms with E-state index in [-0.39, 0.29) is 85.1 Å². The molecule has 7 aromatic rings. The van der Waals surface area contributed by atoms with Crippen molar-refractivity contribution >= 4 is 23.8 Å². The quantitative estimate of drug-likeness (QED) is 0.0902. The van der Waals surface area contributed by atoms with Crippen LogP contribution in [0.1, 0.15) is 207 Å². The Morgan fingerprint density at radius 2 is 0.853 bits per heavy atom. The third-order valence-corrected chi connectivity index (χ3v) is 19.6. The van der Waals surface area contributed by atoms with Crippen molar-refractivity contribution < 1.29 is 47.6 Å². The minimum Gasteiger partial charge on any atom is -0.497 e. The fraction of sp³-hybridized carbons (Fsp3) is 0.481. The predicted molar refractivity (Wildman–Crippen MR) is 362 cm³/mol. The van der Waals surface area contributed by atoms with E-state index in [9.17, 15) is 0 Å². The van der Waals surface area contributed by atoms with Crippen LogP contribution in [0.2, 0.25) is 0 Å². The standard InChI is InChI=1S/C77H92N8O10/c1-90-61-33-31-57-51-82-37-19-17-15-13-11-9-7-5-3-4-6-8-10-12-14-16-18-20-38-83-52-58-32-34-62(91-2)46-70(58)95-76(89)66-48-71-65(75(88)94-69(57)45-61)47-72(66)93-42-24-28-60-54-85(81-79-60)40-22-26-56-30-36-64-63-35-29-55(25-21-39-84-53-59(78-80-84)27-23-41-92-71)43-67(63)77(49-73(82)86,50-74(83)87)68(64)44-56/h3-4,29-36,43-48,53-54H,5-28,37-42,49-52H2,1-2H3. The molecule has 18 nitrogen and oxygen atoms in total. The number of nitrogens with zero attached hydrogens (tertiary/aromatic N) is 8. The number of hydrogen-bond donors (Lipinski definition) is 0. The van der Waals surface area contributed by atoms with Gasteiger partial charge in [0.2, 0.25) is 11.8 Å². The largest absolute Gasteiger partial charge is 0.497 e. The first-order valence-corrected chi connectivity index (χ1v) is 35.1. The first-order valence-electron chi connectivity index (χ1n) is 35.1. The molecule has 18 heteroatoms. The van der Waals surface area contributed by atoms with Gasteiger partial charge in [0.1, 0.15) is 45.6 Å². The fourth-order valence-corrected chi connectivity index (χ4v) is 14.3. The molecule has 0 saturated heterocycles. The van der Waals surface area contributed by atoms with Crippen molar-refractivity contribution in [2.75, 3.05) is 40.5 Å². The van der Waals surface area contributed by atoms with Crippen LogP contribution in [0.15, 0.2) is 109 Å². The van der Waals surface area contributed by atoms with Crippen LogP contribution >= 0.6 is 0 Å². The summed E-state index contributed by atoms with van der Waals surface area (Å²) in [5, 5.41) is 18.1. The van der Waals surface area contributed by atoms with Crippen molar-refractivity contribution in [1.29, 1.82) is 0 Å². The van der Waals surface area contributed by atoms with Crippen molar-refractivity contribution in [3.8, 4) is 45.6 Å². The van der Waals surface area contributed by atoms with Crippen molar-refractivity contribution in [2.24, 2.45) is 0 Å². The topological polar surface area (TPSA) is 192 Å². The molecule has 500 valence electrons. The van der Waals surface area contributed by atoms with Crippen LogP contribution in [0.3, 0.4) is 0 Å². The SMILES string of the molecule is COc1ccc2c(c1)OC(=O)c1cc3c4cc1OCCCc1cn(nn1)CCCc1ccc5c(c1)C1(CC(=O)N(CCCCCCCCCC=CCCCCCCCCCN(Cc6ccc(OC)cc6OC4=O)C(=O)C1)C2)c1cc(ccc1-5)CCCn1cc(nn1)CCCO3. The molecule has 0 fully saturated rings. The lowest BCUT2D eigenvalue weighted by atomic mass is 9.71. The first-order chi connectivity index (χ1) is 46.6. The van der Waals surface area contributed by atoms with E-state index < -0.39 is 17.4 Å². The zero-order valence-corrected chi connectivity index (χ0v) is 55.6. The number of fused-ring (bicyclic) bond motifs is 7. The molecule has 2 aromatic heterocycles. The van der Waals surface area contributed by atoms with Crippen LogP contribution in [0.5, 0.6) is 34.5 Å². The molecule has 0 unspecified atom stereocenters. The Kier molecular flexibility index (Phi) is 22.4. The number of methoxy groups -OCH3 is 2. The second kappa shape index (κ2) is 32.1. The van der Waals surface area contributed by atoms with Gasteiger partial charge < -0.3 is 38.2 Å². The summed E-state index contributed by atoms with van der Waals surface area (Å²) < 4.78 is 41.8. The minimum absolute atomic E-state index is 0.00633. The molecule has 5 aliphatic heterocycles. The minimum atomic E-state index is -1.18. The zero-order chi connectivity index (χ0) is 65.4. The number of esters is 2. The third-order valence-electron chi connectivity index (χ3n) is 19.6. The second-order valence-electron chi connectivity index (χ2n) is 26.5. The van der Waals surface area contributed by atoms with Gasteiger partial charge in [0, 0.05) is 93.2 Å². The van der Waals surface area contributed by atoms with E-state index >= 15 is 19.2 Å². The maximum Gasteiger partial charge on any atom is 0.347 e. The van der Waals surface area contributed by atoms with Gasteiger partial charge in [0.05, 0.1) is 38.8 Å². The maximum atomic E-state index is 16.6. The van der Waals surface area contributed by atoms with Crippen molar-refractivity contribution in [3.05, 3.63) is 165 Å². The van der Waals surface area contributed by atoms with Gasteiger partial charge in [-0.05, 0) is 160 Å². The van der Waals surface area contributed by atoms with Crippen LogP contribution in [0.25, 0.3) is 11.1 Å². The second-order valence-corrected chi connectivity index (χ2v) is 26.5. The summed E-state index contributed by atoms with van der Waals surface area (Å²) >= 11 is 0. The molecule has 13 rings (SSSR count). The average Bonchev–Trinajstić information content (AvgIpc) is 1.56. The van der Waals surface area contributed by atoms with E-state index in [2.05, 4.69) is 69.2 Å². The lowest BCUT2D eigenvalue weighted by molar-refractivity contribution is -0.135. The van der Waals surface area contributed by atoms with Crippen LogP contribution < -0.4 is 28.4 Å². The van der Waals surface area contributed by atoms with E-state index in [1.807, 2.05) is 55.8 Å². The van der Waals surface area contributed by atoms with E-state index in [4.69, 9.17) is 28.4 Å². The van der Waals surface area contributed by atoms with Crippen molar-refractivity contribution in [2.45, 2.75) is 199 Å².